The number of para-hydroxylation sites is 1. The molecule has 2 aromatic heterocycles. The molecule has 1 saturated carbocycles. The number of hydrogen-bond donors (Lipinski definition) is 3. The van der Waals surface area contributed by atoms with Gasteiger partial charge in [0.2, 0.25) is 0 Å². The first kappa shape index (κ1) is 29.3. The number of anilines is 1. The number of alkyl halides is 1. The van der Waals surface area contributed by atoms with E-state index >= 15 is 4.39 Å². The minimum Gasteiger partial charge on any atom is -0.462 e. The van der Waals surface area contributed by atoms with Crippen LogP contribution >= 0.6 is 7.75 Å². The van der Waals surface area contributed by atoms with Crippen molar-refractivity contribution in [3.05, 3.63) is 42.5 Å². The number of aliphatic hydroxyl groups excluding tert-OH is 1. The number of hydrogen-bond acceptors (Lipinski definition) is 11. The highest BCUT2D eigenvalue weighted by Gasteiger charge is 2.47. The molecular weight excluding hydrogens is 558 g/mol. The molecule has 222 valence electrons. The van der Waals surface area contributed by atoms with E-state index < -0.39 is 57.1 Å². The monoisotopic (exact) mass is 592 g/mol. The molecule has 1 aliphatic heterocycles. The molecule has 3 heterocycles. The molecule has 1 aromatic carbocycles. The largest absolute Gasteiger partial charge is 0.462 e. The van der Waals surface area contributed by atoms with Crippen molar-refractivity contribution in [2.24, 2.45) is 0 Å². The normalized spacial score (nSPS) is 24.8. The second-order valence-corrected chi connectivity index (χ2v) is 12.1. The fourth-order valence-corrected chi connectivity index (χ4v) is 5.81. The molecule has 15 heteroatoms. The Morgan fingerprint density at radius 2 is 1.98 bits per heavy atom. The zero-order valence-electron chi connectivity index (χ0n) is 23.1. The molecule has 3 N–H and O–H groups in total. The highest BCUT2D eigenvalue weighted by Crippen LogP contribution is 2.46. The summed E-state index contributed by atoms with van der Waals surface area (Å²) < 4.78 is 52.8. The first-order valence-electron chi connectivity index (χ1n) is 13.5. The average Bonchev–Trinajstić information content (AvgIpc) is 3.57. The molecule has 1 saturated heterocycles. The Bertz CT molecular complexity index is 1420. The van der Waals surface area contributed by atoms with Crippen LogP contribution in [0.2, 0.25) is 0 Å². The molecule has 0 amide bonds. The molecule has 1 aliphatic carbocycles. The highest BCUT2D eigenvalue weighted by atomic mass is 31.2. The number of ether oxygens (including phenoxy) is 2. The molecule has 0 unspecified atom stereocenters. The smallest absolute Gasteiger partial charge is 0.459 e. The van der Waals surface area contributed by atoms with E-state index in [2.05, 4.69) is 25.4 Å². The fourth-order valence-electron chi connectivity index (χ4n) is 4.30. The quantitative estimate of drug-likeness (QED) is 0.208. The third-order valence-corrected chi connectivity index (χ3v) is 8.10. The molecule has 2 aliphatic rings. The summed E-state index contributed by atoms with van der Waals surface area (Å²) in [6.45, 7) is 6.02. The summed E-state index contributed by atoms with van der Waals surface area (Å²) in [5, 5.41) is 16.6. The van der Waals surface area contributed by atoms with Crippen LogP contribution in [0.1, 0.15) is 45.7 Å². The lowest BCUT2D eigenvalue weighted by Crippen LogP contribution is -2.37. The van der Waals surface area contributed by atoms with E-state index in [9.17, 15) is 14.5 Å². The van der Waals surface area contributed by atoms with Crippen LogP contribution in [0.15, 0.2) is 36.7 Å². The number of nitrogens with zero attached hydrogens (tertiary/aromatic N) is 4. The lowest BCUT2D eigenvalue weighted by Gasteiger charge is -2.25. The number of benzene rings is 1. The second kappa shape index (κ2) is 12.0. The molecule has 0 bridgehead atoms. The molecule has 0 radical (unpaired) electrons. The van der Waals surface area contributed by atoms with Crippen molar-refractivity contribution in [3.8, 4) is 5.75 Å². The number of aromatic nitrogens is 4. The molecule has 3 aromatic rings. The lowest BCUT2D eigenvalue weighted by molar-refractivity contribution is -0.149. The number of carbonyl (C=O) groups excluding carboxylic acids is 1. The van der Waals surface area contributed by atoms with Gasteiger partial charge < -0.3 is 24.4 Å². The zero-order valence-corrected chi connectivity index (χ0v) is 24.0. The molecule has 13 nitrogen and oxygen atoms in total. The van der Waals surface area contributed by atoms with Gasteiger partial charge in [0.1, 0.15) is 29.8 Å². The van der Waals surface area contributed by atoms with Crippen LogP contribution in [0.5, 0.6) is 5.75 Å². The predicted octanol–water partition coefficient (Wildman–Crippen LogP) is 3.44. The van der Waals surface area contributed by atoms with Crippen LogP contribution in [0.3, 0.4) is 0 Å². The average molecular weight is 593 g/mol. The van der Waals surface area contributed by atoms with E-state index in [4.69, 9.17) is 18.5 Å². The molecule has 0 spiro atoms. The van der Waals surface area contributed by atoms with Gasteiger partial charge in [0, 0.05) is 6.04 Å². The highest BCUT2D eigenvalue weighted by molar-refractivity contribution is 7.52. The minimum absolute atomic E-state index is 0.206. The van der Waals surface area contributed by atoms with Crippen molar-refractivity contribution in [1.29, 1.82) is 0 Å². The Kier molecular flexibility index (Phi) is 8.57. The topological polar surface area (TPSA) is 159 Å². The van der Waals surface area contributed by atoms with E-state index in [1.807, 2.05) is 0 Å². The molecule has 6 atom stereocenters. The zero-order chi connectivity index (χ0) is 29.3. The van der Waals surface area contributed by atoms with Crippen molar-refractivity contribution in [2.75, 3.05) is 11.9 Å². The van der Waals surface area contributed by atoms with Gasteiger partial charge >= 0.3 is 13.7 Å². The first-order valence-corrected chi connectivity index (χ1v) is 15.0. The maximum Gasteiger partial charge on any atom is 0.459 e. The van der Waals surface area contributed by atoms with Crippen molar-refractivity contribution in [2.45, 2.75) is 83.3 Å². The maximum atomic E-state index is 15.4. The van der Waals surface area contributed by atoms with Gasteiger partial charge in [-0.25, -0.2) is 23.9 Å². The summed E-state index contributed by atoms with van der Waals surface area (Å²) >= 11 is 0. The number of nitrogens with one attached hydrogen (secondary N) is 2. The number of halogens is 1. The number of esters is 1. The van der Waals surface area contributed by atoms with Crippen molar-refractivity contribution in [1.82, 2.24) is 24.6 Å². The number of rotatable bonds is 12. The van der Waals surface area contributed by atoms with E-state index in [0.717, 1.165) is 12.8 Å². The van der Waals surface area contributed by atoms with Crippen molar-refractivity contribution >= 4 is 30.7 Å². The van der Waals surface area contributed by atoms with Crippen LogP contribution in [-0.2, 0) is 23.4 Å². The van der Waals surface area contributed by atoms with E-state index in [1.54, 1.807) is 51.1 Å². The standard InChI is InChI=1S/C26H34FN6O7P/c1-14(2)38-26(35)15(3)32-41(36,40-18-8-6-5-7-9-18)37-12-19-22(34)20(27)25(39-19)33-13-28-21-23(31-17-10-11-17)29-16(4)30-24(21)33/h5-9,13-15,17,19-20,22,25,34H,10-12H2,1-4H3,(H,32,36)(H,29,30,31)/t15-,19+,20+,22+,25+,41+/m0/s1. The third kappa shape index (κ3) is 6.84. The number of fused-ring (bicyclic) bond motifs is 1. The summed E-state index contributed by atoms with van der Waals surface area (Å²) in [5.41, 5.74) is 0.805. The third-order valence-electron chi connectivity index (χ3n) is 6.45. The first-order chi connectivity index (χ1) is 19.5. The Labute approximate surface area is 236 Å². The lowest BCUT2D eigenvalue weighted by atomic mass is 10.1. The Balaban J connectivity index is 1.32. The van der Waals surface area contributed by atoms with Gasteiger partial charge in [-0.3, -0.25) is 13.9 Å². The summed E-state index contributed by atoms with van der Waals surface area (Å²) in [4.78, 5) is 25.6. The van der Waals surface area contributed by atoms with Gasteiger partial charge in [-0.2, -0.15) is 5.09 Å². The van der Waals surface area contributed by atoms with Gasteiger partial charge in [-0.1, -0.05) is 18.2 Å². The molecule has 41 heavy (non-hydrogen) atoms. The summed E-state index contributed by atoms with van der Waals surface area (Å²) in [6, 6.07) is 7.45. The second-order valence-electron chi connectivity index (χ2n) is 10.4. The van der Waals surface area contributed by atoms with E-state index in [-0.39, 0.29) is 5.75 Å². The van der Waals surface area contributed by atoms with Crippen LogP contribution in [-0.4, -0.2) is 73.8 Å². The Hall–Kier alpha value is -3.16. The maximum absolute atomic E-state index is 15.4. The summed E-state index contributed by atoms with van der Waals surface area (Å²) in [6.07, 6.45) is -2.96. The van der Waals surface area contributed by atoms with Crippen LogP contribution in [0.4, 0.5) is 10.2 Å². The summed E-state index contributed by atoms with van der Waals surface area (Å²) in [5.74, 6) is 0.558. The van der Waals surface area contributed by atoms with E-state index in [0.29, 0.717) is 28.8 Å². The van der Waals surface area contributed by atoms with Crippen LogP contribution in [0, 0.1) is 6.92 Å². The Morgan fingerprint density at radius 3 is 2.66 bits per heavy atom. The number of carbonyl (C=O) groups is 1. The van der Waals surface area contributed by atoms with Crippen LogP contribution < -0.4 is 14.9 Å². The number of aryl methyl sites for hydroxylation is 1. The van der Waals surface area contributed by atoms with Gasteiger partial charge in [0.05, 0.1) is 19.0 Å². The van der Waals surface area contributed by atoms with Gasteiger partial charge in [0.15, 0.2) is 29.4 Å². The predicted molar refractivity (Wildman–Crippen MR) is 146 cm³/mol. The number of aliphatic hydroxyl groups is 1. The summed E-state index contributed by atoms with van der Waals surface area (Å²) in [7, 11) is -4.25. The molecule has 2 fully saturated rings. The van der Waals surface area contributed by atoms with E-state index in [1.165, 1.54) is 17.8 Å². The fraction of sp³-hybridized carbons (Fsp3) is 0.538. The van der Waals surface area contributed by atoms with Gasteiger partial charge in [-0.05, 0) is 52.7 Å². The van der Waals surface area contributed by atoms with Crippen molar-refractivity contribution < 1.29 is 37.4 Å². The number of imidazole rings is 1. The van der Waals surface area contributed by atoms with Crippen molar-refractivity contribution in [3.63, 3.8) is 0 Å². The van der Waals surface area contributed by atoms with Gasteiger partial charge in [-0.15, -0.1) is 0 Å². The van der Waals surface area contributed by atoms with Crippen LogP contribution in [0.25, 0.3) is 11.2 Å². The minimum atomic E-state index is -4.25. The molecular formula is C26H34FN6O7P. The molecule has 5 rings (SSSR count). The van der Waals surface area contributed by atoms with Gasteiger partial charge in [0.25, 0.3) is 0 Å². The SMILES string of the molecule is Cc1nc(NC2CC2)c2ncn([C@@H]3O[C@H](CO[P@](=O)(N[C@@H](C)C(=O)OC(C)C)Oc4ccccc4)[C@@H](O)[C@H]3F)c2n1. The Morgan fingerprint density at radius 1 is 1.24 bits per heavy atom.